The molecule has 0 atom stereocenters. The highest BCUT2D eigenvalue weighted by molar-refractivity contribution is 5.73. The Labute approximate surface area is 92.5 Å². The summed E-state index contributed by atoms with van der Waals surface area (Å²) < 4.78 is 5.96. The van der Waals surface area contributed by atoms with E-state index < -0.39 is 11.4 Å². The number of rotatable bonds is 4. The zero-order chi connectivity index (χ0) is 12.3. The summed E-state index contributed by atoms with van der Waals surface area (Å²) >= 11 is 0. The van der Waals surface area contributed by atoms with E-state index in [4.69, 9.17) is 9.84 Å². The molecule has 1 N–H and O–H groups in total. The van der Waals surface area contributed by atoms with Gasteiger partial charge in [-0.05, 0) is 13.8 Å². The predicted molar refractivity (Wildman–Crippen MR) is 56.5 cm³/mol. The fourth-order valence-corrected chi connectivity index (χ4v) is 1.09. The molecule has 0 aliphatic carbocycles. The quantitative estimate of drug-likeness (QED) is 0.801. The second-order valence-corrected chi connectivity index (χ2v) is 4.06. The molecule has 0 saturated heterocycles. The minimum absolute atomic E-state index is 0.00162. The van der Waals surface area contributed by atoms with Gasteiger partial charge in [-0.2, -0.15) is 0 Å². The molecule has 1 aromatic rings. The van der Waals surface area contributed by atoms with E-state index in [1.807, 2.05) is 0 Å². The van der Waals surface area contributed by atoms with Gasteiger partial charge in [0.2, 0.25) is 5.88 Å². The SMILES string of the molecule is COc1ccc(=O)n(CC(C)(C)C(=O)O)n1. The normalized spacial score (nSPS) is 11.2. The van der Waals surface area contributed by atoms with Crippen LogP contribution in [0.2, 0.25) is 0 Å². The van der Waals surface area contributed by atoms with Gasteiger partial charge in [0.1, 0.15) is 0 Å². The number of hydrogen-bond donors (Lipinski definition) is 1. The summed E-state index contributed by atoms with van der Waals surface area (Å²) in [5.41, 5.74) is -1.40. The van der Waals surface area contributed by atoms with E-state index in [9.17, 15) is 9.59 Å². The molecule has 0 amide bonds. The molecule has 1 heterocycles. The second-order valence-electron chi connectivity index (χ2n) is 4.06. The van der Waals surface area contributed by atoms with Crippen LogP contribution in [0.1, 0.15) is 13.8 Å². The zero-order valence-electron chi connectivity index (χ0n) is 9.43. The van der Waals surface area contributed by atoms with Crippen molar-refractivity contribution in [3.8, 4) is 5.88 Å². The first-order valence-corrected chi connectivity index (χ1v) is 4.72. The number of carbonyl (C=O) groups is 1. The first-order chi connectivity index (χ1) is 7.36. The Hall–Kier alpha value is -1.85. The standard InChI is InChI=1S/C10H14N2O4/c1-10(2,9(14)15)6-12-8(13)5-4-7(11-12)16-3/h4-5H,6H2,1-3H3,(H,14,15). The molecule has 0 aliphatic heterocycles. The summed E-state index contributed by atoms with van der Waals surface area (Å²) in [6, 6.07) is 2.73. The van der Waals surface area contributed by atoms with Crippen molar-refractivity contribution >= 4 is 5.97 Å². The molecular weight excluding hydrogens is 212 g/mol. The van der Waals surface area contributed by atoms with Crippen LogP contribution in [-0.2, 0) is 11.3 Å². The maximum atomic E-state index is 11.4. The Balaban J connectivity index is 3.05. The minimum atomic E-state index is -1.05. The molecule has 0 spiro atoms. The summed E-state index contributed by atoms with van der Waals surface area (Å²) in [5.74, 6) is -0.704. The number of aromatic nitrogens is 2. The fourth-order valence-electron chi connectivity index (χ4n) is 1.09. The van der Waals surface area contributed by atoms with Crippen LogP contribution >= 0.6 is 0 Å². The van der Waals surface area contributed by atoms with E-state index >= 15 is 0 Å². The van der Waals surface area contributed by atoms with E-state index in [1.165, 1.54) is 33.1 Å². The molecule has 0 fully saturated rings. The summed E-state index contributed by atoms with van der Waals surface area (Å²) in [7, 11) is 1.43. The van der Waals surface area contributed by atoms with Gasteiger partial charge in [0.25, 0.3) is 5.56 Å². The van der Waals surface area contributed by atoms with Crippen molar-refractivity contribution in [1.29, 1.82) is 0 Å². The molecule has 6 nitrogen and oxygen atoms in total. The lowest BCUT2D eigenvalue weighted by atomic mass is 9.94. The van der Waals surface area contributed by atoms with Gasteiger partial charge in [0, 0.05) is 12.1 Å². The Bertz CT molecular complexity index is 450. The van der Waals surface area contributed by atoms with Crippen molar-refractivity contribution < 1.29 is 14.6 Å². The third kappa shape index (κ3) is 2.59. The second kappa shape index (κ2) is 4.34. The minimum Gasteiger partial charge on any atom is -0.481 e. The molecule has 16 heavy (non-hydrogen) atoms. The molecular formula is C10H14N2O4. The van der Waals surface area contributed by atoms with Gasteiger partial charge >= 0.3 is 5.97 Å². The van der Waals surface area contributed by atoms with E-state index in [0.29, 0.717) is 0 Å². The molecule has 0 saturated carbocycles. The lowest BCUT2D eigenvalue weighted by Gasteiger charge is -2.19. The van der Waals surface area contributed by atoms with Gasteiger partial charge < -0.3 is 9.84 Å². The summed E-state index contributed by atoms with van der Waals surface area (Å²) in [5, 5.41) is 12.8. The van der Waals surface area contributed by atoms with E-state index in [-0.39, 0.29) is 18.0 Å². The number of carboxylic acids is 1. The Morgan fingerprint density at radius 1 is 1.56 bits per heavy atom. The van der Waals surface area contributed by atoms with Crippen molar-refractivity contribution in [2.75, 3.05) is 7.11 Å². The third-order valence-corrected chi connectivity index (χ3v) is 2.18. The molecule has 0 aromatic carbocycles. The van der Waals surface area contributed by atoms with Crippen LogP contribution in [0, 0.1) is 5.41 Å². The van der Waals surface area contributed by atoms with Gasteiger partial charge in [0.15, 0.2) is 0 Å². The molecule has 0 bridgehead atoms. The number of ether oxygens (including phenoxy) is 1. The fraction of sp³-hybridized carbons (Fsp3) is 0.500. The van der Waals surface area contributed by atoms with Crippen molar-refractivity contribution in [3.63, 3.8) is 0 Å². The molecule has 88 valence electrons. The van der Waals surface area contributed by atoms with Crippen LogP contribution in [0.15, 0.2) is 16.9 Å². The predicted octanol–water partition coefficient (Wildman–Crippen LogP) is 0.363. The Kier molecular flexibility index (Phi) is 3.31. The van der Waals surface area contributed by atoms with E-state index in [0.717, 1.165) is 4.68 Å². The third-order valence-electron chi connectivity index (χ3n) is 2.18. The monoisotopic (exact) mass is 226 g/mol. The maximum Gasteiger partial charge on any atom is 0.310 e. The molecule has 0 radical (unpaired) electrons. The van der Waals surface area contributed by atoms with E-state index in [2.05, 4.69) is 5.10 Å². The number of aliphatic carboxylic acids is 1. The van der Waals surface area contributed by atoms with Crippen molar-refractivity contribution in [3.05, 3.63) is 22.5 Å². The lowest BCUT2D eigenvalue weighted by Crippen LogP contribution is -2.35. The van der Waals surface area contributed by atoms with Crippen molar-refractivity contribution in [1.82, 2.24) is 9.78 Å². The van der Waals surface area contributed by atoms with Crippen LogP contribution in [0.5, 0.6) is 5.88 Å². The van der Waals surface area contributed by atoms with Gasteiger partial charge in [-0.15, -0.1) is 5.10 Å². The average Bonchev–Trinajstić information content (AvgIpc) is 2.21. The van der Waals surface area contributed by atoms with Gasteiger partial charge in [-0.1, -0.05) is 0 Å². The number of nitrogens with zero attached hydrogens (tertiary/aromatic N) is 2. The number of methoxy groups -OCH3 is 1. The summed E-state index contributed by atoms with van der Waals surface area (Å²) in [6.07, 6.45) is 0. The Morgan fingerprint density at radius 2 is 2.19 bits per heavy atom. The van der Waals surface area contributed by atoms with Gasteiger partial charge in [0.05, 0.1) is 19.1 Å². The first-order valence-electron chi connectivity index (χ1n) is 4.72. The topological polar surface area (TPSA) is 81.4 Å². The maximum absolute atomic E-state index is 11.4. The number of carboxylic acid groups (broad SMARTS) is 1. The molecule has 0 unspecified atom stereocenters. The van der Waals surface area contributed by atoms with Crippen LogP contribution < -0.4 is 10.3 Å². The largest absolute Gasteiger partial charge is 0.481 e. The lowest BCUT2D eigenvalue weighted by molar-refractivity contribution is -0.147. The van der Waals surface area contributed by atoms with Crippen molar-refractivity contribution in [2.24, 2.45) is 5.41 Å². The summed E-state index contributed by atoms with van der Waals surface area (Å²) in [4.78, 5) is 22.4. The first kappa shape index (κ1) is 12.2. The molecule has 1 aromatic heterocycles. The van der Waals surface area contributed by atoms with Gasteiger partial charge in [-0.25, -0.2) is 4.68 Å². The zero-order valence-corrected chi connectivity index (χ0v) is 9.43. The van der Waals surface area contributed by atoms with Crippen molar-refractivity contribution in [2.45, 2.75) is 20.4 Å². The Morgan fingerprint density at radius 3 is 2.69 bits per heavy atom. The van der Waals surface area contributed by atoms with E-state index in [1.54, 1.807) is 0 Å². The van der Waals surface area contributed by atoms with Crippen LogP contribution in [0.25, 0.3) is 0 Å². The van der Waals surface area contributed by atoms with Gasteiger partial charge in [-0.3, -0.25) is 9.59 Å². The highest BCUT2D eigenvalue weighted by atomic mass is 16.5. The smallest absolute Gasteiger partial charge is 0.310 e. The molecule has 6 heteroatoms. The molecule has 1 rings (SSSR count). The molecule has 0 aliphatic rings. The van der Waals surface area contributed by atoms with Crippen LogP contribution in [0.3, 0.4) is 0 Å². The van der Waals surface area contributed by atoms with Crippen LogP contribution in [-0.4, -0.2) is 28.0 Å². The number of hydrogen-bond acceptors (Lipinski definition) is 4. The summed E-state index contributed by atoms with van der Waals surface area (Å²) in [6.45, 7) is 3.06. The average molecular weight is 226 g/mol. The highest BCUT2D eigenvalue weighted by Gasteiger charge is 2.28. The van der Waals surface area contributed by atoms with Crippen LogP contribution in [0.4, 0.5) is 0 Å². The highest BCUT2D eigenvalue weighted by Crippen LogP contribution is 2.17.